The highest BCUT2D eigenvalue weighted by molar-refractivity contribution is 7.86. The van der Waals surface area contributed by atoms with Crippen LogP contribution in [0, 0.1) is 0 Å². The zero-order chi connectivity index (χ0) is 15.8. The summed E-state index contributed by atoms with van der Waals surface area (Å²) in [6, 6.07) is 6.08. The summed E-state index contributed by atoms with van der Waals surface area (Å²) < 4.78 is 82.8. The summed E-state index contributed by atoms with van der Waals surface area (Å²) in [6.45, 7) is 1.20. The zero-order valence-corrected chi connectivity index (χ0v) is 11.6. The minimum atomic E-state index is -5.46. The van der Waals surface area contributed by atoms with Crippen LogP contribution in [0.5, 0.6) is 0 Å². The first-order valence-electron chi connectivity index (χ1n) is 5.70. The van der Waals surface area contributed by atoms with Crippen molar-refractivity contribution < 1.29 is 30.5 Å². The number of hydrogen-bond acceptors (Lipinski definition) is 2. The highest BCUT2D eigenvalue weighted by Gasteiger charge is 2.70. The molecule has 0 saturated heterocycles. The van der Waals surface area contributed by atoms with Gasteiger partial charge in [-0.3, -0.25) is 4.55 Å². The van der Waals surface area contributed by atoms with Gasteiger partial charge in [0.05, 0.1) is 0 Å². The van der Waals surface area contributed by atoms with Crippen molar-refractivity contribution in [2.24, 2.45) is 0 Å². The van der Waals surface area contributed by atoms with E-state index >= 15 is 0 Å². The lowest BCUT2D eigenvalue weighted by Gasteiger charge is -2.41. The van der Waals surface area contributed by atoms with E-state index in [1.54, 1.807) is 0 Å². The van der Waals surface area contributed by atoms with Crippen LogP contribution in [0.2, 0.25) is 0 Å². The molecule has 0 spiro atoms. The average molecular weight is 314 g/mol. The molecule has 1 aromatic rings. The van der Waals surface area contributed by atoms with E-state index in [1.807, 2.05) is 0 Å². The summed E-state index contributed by atoms with van der Waals surface area (Å²) >= 11 is 0. The first-order valence-corrected chi connectivity index (χ1v) is 7.14. The molecule has 0 aliphatic heterocycles. The first kappa shape index (κ1) is 16.9. The topological polar surface area (TPSA) is 54.4 Å². The Kier molecular flexibility index (Phi) is 4.22. The van der Waals surface area contributed by atoms with Crippen LogP contribution in [-0.2, 0) is 14.9 Å². The van der Waals surface area contributed by atoms with Gasteiger partial charge in [0.15, 0.2) is 4.75 Å². The number of halogens is 4. The second-order valence-corrected chi connectivity index (χ2v) is 6.17. The molecule has 0 fully saturated rings. The predicted molar refractivity (Wildman–Crippen MR) is 65.5 cm³/mol. The molecular formula is C12H14F4O3S. The predicted octanol–water partition coefficient (Wildman–Crippen LogP) is 3.47. The van der Waals surface area contributed by atoms with Gasteiger partial charge >= 0.3 is 6.18 Å². The Hall–Kier alpha value is -1.15. The third-order valence-corrected chi connectivity index (χ3v) is 5.26. The molecule has 3 nitrogen and oxygen atoms in total. The molecular weight excluding hydrogens is 300 g/mol. The van der Waals surface area contributed by atoms with Gasteiger partial charge in [-0.15, -0.1) is 0 Å². The smallest absolute Gasteiger partial charge is 0.285 e. The highest BCUT2D eigenvalue weighted by atomic mass is 32.2. The van der Waals surface area contributed by atoms with Gasteiger partial charge < -0.3 is 0 Å². The standard InChI is InChI=1S/C12H14F4O3S/c1-3-11(20(17,18)19,9-7-5-4-6-8-9)10(2,13)12(14,15)16/h4-8H,3H2,1-2H3,(H,17,18,19). The van der Waals surface area contributed by atoms with Crippen LogP contribution in [0.15, 0.2) is 30.3 Å². The van der Waals surface area contributed by atoms with Crippen LogP contribution in [0.1, 0.15) is 25.8 Å². The molecule has 0 aliphatic rings. The Morgan fingerprint density at radius 1 is 1.10 bits per heavy atom. The van der Waals surface area contributed by atoms with Crippen LogP contribution in [0.3, 0.4) is 0 Å². The maximum atomic E-state index is 14.4. The number of benzene rings is 1. The van der Waals surface area contributed by atoms with Crippen molar-refractivity contribution in [3.05, 3.63) is 35.9 Å². The number of rotatable bonds is 4. The van der Waals surface area contributed by atoms with Crippen molar-refractivity contribution in [3.63, 3.8) is 0 Å². The minimum absolute atomic E-state index is 0.122. The van der Waals surface area contributed by atoms with Crippen LogP contribution in [-0.4, -0.2) is 24.8 Å². The number of hydrogen-bond donors (Lipinski definition) is 1. The fourth-order valence-corrected chi connectivity index (χ4v) is 3.72. The molecule has 1 aromatic carbocycles. The van der Waals surface area contributed by atoms with Crippen molar-refractivity contribution in [2.45, 2.75) is 36.9 Å². The van der Waals surface area contributed by atoms with Gasteiger partial charge in [-0.1, -0.05) is 37.3 Å². The molecule has 0 amide bonds. The summed E-state index contributed by atoms with van der Waals surface area (Å²) in [7, 11) is -5.37. The van der Waals surface area contributed by atoms with E-state index in [-0.39, 0.29) is 6.92 Å². The summed E-state index contributed by atoms with van der Waals surface area (Å²) in [5, 5.41) is 0. The Morgan fingerprint density at radius 3 is 1.85 bits per heavy atom. The van der Waals surface area contributed by atoms with Gasteiger partial charge in [-0.25, -0.2) is 4.39 Å². The lowest BCUT2D eigenvalue weighted by Crippen LogP contribution is -2.59. The quantitative estimate of drug-likeness (QED) is 0.684. The molecule has 0 aromatic heterocycles. The fourth-order valence-electron chi connectivity index (χ4n) is 2.32. The van der Waals surface area contributed by atoms with E-state index in [2.05, 4.69) is 0 Å². The largest absolute Gasteiger partial charge is 0.424 e. The van der Waals surface area contributed by atoms with E-state index in [0.29, 0.717) is 0 Å². The van der Waals surface area contributed by atoms with Gasteiger partial charge in [0, 0.05) is 0 Å². The monoisotopic (exact) mass is 314 g/mol. The van der Waals surface area contributed by atoms with Crippen molar-refractivity contribution in [1.29, 1.82) is 0 Å². The van der Waals surface area contributed by atoms with Gasteiger partial charge in [-0.05, 0) is 18.9 Å². The molecule has 2 unspecified atom stereocenters. The van der Waals surface area contributed by atoms with Crippen molar-refractivity contribution in [3.8, 4) is 0 Å². The summed E-state index contributed by atoms with van der Waals surface area (Å²) in [6.07, 6.45) is -6.24. The first-order chi connectivity index (χ1) is 8.92. The Balaban J connectivity index is 3.78. The molecule has 1 rings (SSSR count). The van der Waals surface area contributed by atoms with Crippen molar-refractivity contribution >= 4 is 10.1 Å². The fraction of sp³-hybridized carbons (Fsp3) is 0.500. The molecule has 0 saturated carbocycles. The molecule has 0 aliphatic carbocycles. The van der Waals surface area contributed by atoms with Crippen molar-refractivity contribution in [1.82, 2.24) is 0 Å². The third kappa shape index (κ3) is 2.31. The van der Waals surface area contributed by atoms with E-state index in [9.17, 15) is 30.5 Å². The number of alkyl halides is 4. The molecule has 8 heteroatoms. The van der Waals surface area contributed by atoms with Gasteiger partial charge in [0.25, 0.3) is 10.1 Å². The summed E-state index contributed by atoms with van der Waals surface area (Å²) in [5.74, 6) is 0. The third-order valence-electron chi connectivity index (χ3n) is 3.47. The highest BCUT2D eigenvalue weighted by Crippen LogP contribution is 2.52. The normalized spacial score (nSPS) is 19.1. The van der Waals surface area contributed by atoms with Gasteiger partial charge in [0.2, 0.25) is 5.67 Å². The summed E-state index contributed by atoms with van der Waals surface area (Å²) in [4.78, 5) is 0. The van der Waals surface area contributed by atoms with E-state index in [1.165, 1.54) is 18.2 Å². The molecule has 0 radical (unpaired) electrons. The lowest BCUT2D eigenvalue weighted by atomic mass is 9.81. The van der Waals surface area contributed by atoms with E-state index in [0.717, 1.165) is 19.1 Å². The Morgan fingerprint density at radius 2 is 1.55 bits per heavy atom. The van der Waals surface area contributed by atoms with E-state index < -0.39 is 38.7 Å². The van der Waals surface area contributed by atoms with Crippen LogP contribution in [0.25, 0.3) is 0 Å². The van der Waals surface area contributed by atoms with Gasteiger partial charge in [-0.2, -0.15) is 21.6 Å². The van der Waals surface area contributed by atoms with E-state index in [4.69, 9.17) is 0 Å². The van der Waals surface area contributed by atoms with Crippen LogP contribution >= 0.6 is 0 Å². The average Bonchev–Trinajstić information content (AvgIpc) is 2.28. The van der Waals surface area contributed by atoms with Crippen LogP contribution in [0.4, 0.5) is 17.6 Å². The van der Waals surface area contributed by atoms with Crippen LogP contribution < -0.4 is 0 Å². The molecule has 1 N–H and O–H groups in total. The second-order valence-electron chi connectivity index (χ2n) is 4.52. The summed E-state index contributed by atoms with van der Waals surface area (Å²) in [5.41, 5.74) is -4.60. The molecule has 0 bridgehead atoms. The maximum absolute atomic E-state index is 14.4. The maximum Gasteiger partial charge on any atom is 0.424 e. The minimum Gasteiger partial charge on any atom is -0.285 e. The lowest BCUT2D eigenvalue weighted by molar-refractivity contribution is -0.238. The molecule has 20 heavy (non-hydrogen) atoms. The van der Waals surface area contributed by atoms with Crippen molar-refractivity contribution in [2.75, 3.05) is 0 Å². The molecule has 114 valence electrons. The Bertz CT molecular complexity index is 566. The zero-order valence-electron chi connectivity index (χ0n) is 10.8. The van der Waals surface area contributed by atoms with Gasteiger partial charge in [0.1, 0.15) is 0 Å². The Labute approximate surface area is 114 Å². The second kappa shape index (κ2) is 5.00. The molecule has 0 heterocycles. The molecule has 2 atom stereocenters. The SMILES string of the molecule is CCC(c1ccccc1)(C(C)(F)C(F)(F)F)S(=O)(=O)O.